The number of hydrogen-bond acceptors (Lipinski definition) is 6. The minimum Gasteiger partial charge on any atom is -0.691 e. The molecule has 4 atom stereocenters. The molecule has 4 rings (SSSR count). The fourth-order valence-corrected chi connectivity index (χ4v) is 5.26. The van der Waals surface area contributed by atoms with Gasteiger partial charge in [0, 0.05) is 11.3 Å². The number of allylic oxidation sites excluding steroid dienone is 2. The molecule has 0 saturated heterocycles. The van der Waals surface area contributed by atoms with Crippen LogP contribution in [-0.4, -0.2) is 11.2 Å². The van der Waals surface area contributed by atoms with Crippen molar-refractivity contribution in [1.82, 2.24) is 0 Å². The van der Waals surface area contributed by atoms with E-state index in [0.717, 1.165) is 32.1 Å². The fourth-order valence-electron chi connectivity index (χ4n) is 5.03. The Kier molecular flexibility index (Phi) is 6.23. The maximum Gasteiger partial charge on any atom is 1.00 e. The van der Waals surface area contributed by atoms with Crippen LogP contribution >= 0.6 is 12.3 Å². The van der Waals surface area contributed by atoms with Crippen molar-refractivity contribution in [2.24, 2.45) is 11.3 Å². The molecule has 2 fully saturated rings. The maximum absolute atomic E-state index is 10.4. The molecule has 0 radical (unpaired) electrons. The van der Waals surface area contributed by atoms with E-state index < -0.39 is 0 Å². The van der Waals surface area contributed by atoms with Crippen molar-refractivity contribution in [2.45, 2.75) is 51.0 Å². The smallest absolute Gasteiger partial charge is 0.691 e. The van der Waals surface area contributed by atoms with Crippen molar-refractivity contribution in [3.63, 3.8) is 0 Å². The molecule has 0 bridgehead atoms. The van der Waals surface area contributed by atoms with E-state index in [0.29, 0.717) is 29.9 Å². The minimum atomic E-state index is -0.165. The predicted octanol–water partition coefficient (Wildman–Crippen LogP) is -0.00680. The van der Waals surface area contributed by atoms with E-state index in [1.165, 1.54) is 16.7 Å². The van der Waals surface area contributed by atoms with Crippen molar-refractivity contribution in [3.05, 3.63) is 41.0 Å². The van der Waals surface area contributed by atoms with Gasteiger partial charge >= 0.3 is 29.6 Å². The molecule has 1 N–H and O–H groups in total. The molecule has 0 heterocycles. The van der Waals surface area contributed by atoms with Crippen LogP contribution in [0.1, 0.15) is 49.7 Å². The molecule has 25 heavy (non-hydrogen) atoms. The summed E-state index contributed by atoms with van der Waals surface area (Å²) >= 11 is 0.514. The monoisotopic (exact) mass is 372 g/mol. The molecule has 3 unspecified atom stereocenters. The van der Waals surface area contributed by atoms with Gasteiger partial charge in [-0.05, 0) is 61.3 Å². The molecule has 1 aromatic rings. The number of benzene rings is 1. The van der Waals surface area contributed by atoms with Gasteiger partial charge in [-0.1, -0.05) is 24.6 Å². The zero-order valence-corrected chi connectivity index (χ0v) is 17.4. The number of aliphatic hydroxyl groups is 1. The topological polar surface area (TPSA) is 71.0 Å². The van der Waals surface area contributed by atoms with Gasteiger partial charge < -0.3 is 14.5 Å². The van der Waals surface area contributed by atoms with Crippen LogP contribution in [0, 0.1) is 11.3 Å². The van der Waals surface area contributed by atoms with Crippen molar-refractivity contribution >= 4 is 12.3 Å². The molecule has 3 aliphatic rings. The first-order valence-corrected chi connectivity index (χ1v) is 9.11. The zero-order valence-electron chi connectivity index (χ0n) is 14.6. The standard InChI is InChI=1S/C18H22O5S.Na/c1-18-9-8-14-13-5-3-12(21-24-23-22-20)10-11(13)2-4-15(14)16(18)6-7-17(18)19;/h3-5,10,14,16-17,19-20H,2,6-9H2,1H3;/q;+1/p-1/t14?,16?,17-,18?;/m0./s1. The number of rotatable bonds is 4. The minimum absolute atomic E-state index is 0. The van der Waals surface area contributed by atoms with Gasteiger partial charge in [0.05, 0.1) is 6.10 Å². The quantitative estimate of drug-likeness (QED) is 0.200. The van der Waals surface area contributed by atoms with Crippen molar-refractivity contribution in [2.75, 3.05) is 0 Å². The molecule has 7 heteroatoms. The van der Waals surface area contributed by atoms with Crippen LogP contribution in [0.4, 0.5) is 0 Å². The van der Waals surface area contributed by atoms with E-state index in [9.17, 15) is 10.4 Å². The molecule has 3 aliphatic carbocycles. The molecule has 0 spiro atoms. The summed E-state index contributed by atoms with van der Waals surface area (Å²) < 4.78 is 9.40. The molecule has 130 valence electrons. The summed E-state index contributed by atoms with van der Waals surface area (Å²) in [5.74, 6) is 1.61. The van der Waals surface area contributed by atoms with Crippen LogP contribution < -0.4 is 39.0 Å². The first kappa shape index (κ1) is 19.7. The number of hydrogen-bond donors (Lipinski definition) is 1. The van der Waals surface area contributed by atoms with Crippen molar-refractivity contribution in [1.29, 1.82) is 0 Å². The second-order valence-electron chi connectivity index (χ2n) is 7.30. The fraction of sp³-hybridized carbons (Fsp3) is 0.556. The van der Waals surface area contributed by atoms with Crippen LogP contribution in [0.3, 0.4) is 0 Å². The molecule has 0 aliphatic heterocycles. The van der Waals surface area contributed by atoms with Crippen LogP contribution in [-0.2, 0) is 15.8 Å². The third kappa shape index (κ3) is 3.44. The maximum atomic E-state index is 10.4. The first-order valence-electron chi connectivity index (χ1n) is 8.44. The summed E-state index contributed by atoms with van der Waals surface area (Å²) in [7, 11) is 0. The Morgan fingerprint density at radius 1 is 1.28 bits per heavy atom. The van der Waals surface area contributed by atoms with E-state index in [2.05, 4.69) is 28.4 Å². The Morgan fingerprint density at radius 2 is 2.12 bits per heavy atom. The SMILES string of the molecule is CC12CCC3C(=CCc4cc(OSOO[O-])ccc43)C1CC[C@@H]2O.[Na+]. The summed E-state index contributed by atoms with van der Waals surface area (Å²) in [6.07, 6.45) is 7.26. The van der Waals surface area contributed by atoms with Gasteiger partial charge in [-0.25, -0.2) is 0 Å². The molecule has 0 aromatic heterocycles. The second kappa shape index (κ2) is 7.90. The molecule has 0 amide bonds. The molecule has 2 saturated carbocycles. The molecule has 1 aromatic carbocycles. The number of fused-ring (bicyclic) bond motifs is 5. The molecule has 5 nitrogen and oxygen atoms in total. The van der Waals surface area contributed by atoms with Gasteiger partial charge in [0.25, 0.3) is 12.3 Å². The van der Waals surface area contributed by atoms with Crippen LogP contribution in [0.15, 0.2) is 29.8 Å². The summed E-state index contributed by atoms with van der Waals surface area (Å²) in [5, 5.41) is 23.5. The average Bonchev–Trinajstić information content (AvgIpc) is 2.90. The third-order valence-electron chi connectivity index (χ3n) is 6.30. The zero-order chi connectivity index (χ0) is 16.7. The van der Waals surface area contributed by atoms with Crippen molar-refractivity contribution < 1.29 is 53.5 Å². The van der Waals surface area contributed by atoms with E-state index in [1.54, 1.807) is 0 Å². The Labute approximate surface area is 174 Å². The number of aliphatic hydroxyl groups excluding tert-OH is 1. The van der Waals surface area contributed by atoms with Gasteiger partial charge in [0.15, 0.2) is 0 Å². The van der Waals surface area contributed by atoms with Crippen LogP contribution in [0.2, 0.25) is 0 Å². The summed E-state index contributed by atoms with van der Waals surface area (Å²) in [5.41, 5.74) is 4.20. The van der Waals surface area contributed by atoms with Gasteiger partial charge in [-0.2, -0.15) is 0 Å². The van der Waals surface area contributed by atoms with Crippen LogP contribution in [0.5, 0.6) is 5.75 Å². The Morgan fingerprint density at radius 3 is 2.92 bits per heavy atom. The van der Waals surface area contributed by atoms with Gasteiger partial charge in [-0.3, -0.25) is 5.04 Å². The Bertz CT molecular complexity index is 667. The molecular weight excluding hydrogens is 351 g/mol. The van der Waals surface area contributed by atoms with Crippen LogP contribution in [0.25, 0.3) is 0 Å². The predicted molar refractivity (Wildman–Crippen MR) is 87.4 cm³/mol. The first-order chi connectivity index (χ1) is 11.6. The normalized spacial score (nSPS) is 32.8. The largest absolute Gasteiger partial charge is 1.00 e. The second-order valence-corrected chi connectivity index (χ2v) is 7.74. The summed E-state index contributed by atoms with van der Waals surface area (Å²) in [6, 6.07) is 6.02. The van der Waals surface area contributed by atoms with Gasteiger partial charge in [-0.15, -0.1) is 4.33 Å². The Balaban J connectivity index is 0.00000182. The average molecular weight is 372 g/mol. The van der Waals surface area contributed by atoms with E-state index >= 15 is 0 Å². The van der Waals surface area contributed by atoms with Gasteiger partial charge in [0.1, 0.15) is 5.75 Å². The molecular formula is C18H21NaO5S. The third-order valence-corrected chi connectivity index (χ3v) is 6.67. The Hall–Kier alpha value is -0.0500. The van der Waals surface area contributed by atoms with Gasteiger partial charge in [0.2, 0.25) is 0 Å². The van der Waals surface area contributed by atoms with E-state index in [4.69, 9.17) is 4.18 Å². The van der Waals surface area contributed by atoms with E-state index in [-0.39, 0.29) is 41.1 Å². The van der Waals surface area contributed by atoms with E-state index in [1.807, 2.05) is 12.1 Å². The van der Waals surface area contributed by atoms with Crippen molar-refractivity contribution in [3.8, 4) is 5.75 Å². The summed E-state index contributed by atoms with van der Waals surface area (Å²) in [6.45, 7) is 2.26. The summed E-state index contributed by atoms with van der Waals surface area (Å²) in [4.78, 5) is 0.